The summed E-state index contributed by atoms with van der Waals surface area (Å²) in [6.45, 7) is 2.02. The third-order valence-electron chi connectivity index (χ3n) is 2.85. The van der Waals surface area contributed by atoms with E-state index in [-0.39, 0.29) is 12.2 Å². The van der Waals surface area contributed by atoms with Crippen molar-refractivity contribution in [1.29, 1.82) is 0 Å². The highest BCUT2D eigenvalue weighted by Gasteiger charge is 2.14. The molecule has 1 aromatic carbocycles. The molecule has 4 N–H and O–H groups in total. The average molecular weight is 287 g/mol. The Morgan fingerprint density at radius 1 is 1.33 bits per heavy atom. The normalized spacial score (nSPS) is 10.3. The average Bonchev–Trinajstić information content (AvgIpc) is 2.89. The van der Waals surface area contributed by atoms with Crippen LogP contribution in [0.4, 0.5) is 5.69 Å². The molecule has 7 nitrogen and oxygen atoms in total. The molecule has 0 radical (unpaired) electrons. The SMILES string of the molecule is CCCc1nc(C(=O)Nc2ccccc2CC(N)=O)n[nH]1. The number of aromatic amines is 1. The van der Waals surface area contributed by atoms with E-state index in [0.717, 1.165) is 12.8 Å². The molecule has 0 aliphatic carbocycles. The number of amides is 2. The molecular weight excluding hydrogens is 270 g/mol. The summed E-state index contributed by atoms with van der Waals surface area (Å²) in [6.07, 6.45) is 1.71. The van der Waals surface area contributed by atoms with Gasteiger partial charge >= 0.3 is 0 Å². The number of aromatic nitrogens is 3. The summed E-state index contributed by atoms with van der Waals surface area (Å²) >= 11 is 0. The lowest BCUT2D eigenvalue weighted by molar-refractivity contribution is -0.117. The summed E-state index contributed by atoms with van der Waals surface area (Å²) in [6, 6.07) is 6.98. The molecule has 0 atom stereocenters. The number of hydrogen-bond acceptors (Lipinski definition) is 4. The number of aryl methyl sites for hydroxylation is 1. The Balaban J connectivity index is 2.13. The molecule has 1 heterocycles. The molecule has 0 saturated heterocycles. The van der Waals surface area contributed by atoms with Crippen LogP contribution in [0.25, 0.3) is 0 Å². The number of para-hydroxylation sites is 1. The number of hydrogen-bond donors (Lipinski definition) is 3. The Bertz CT molecular complexity index is 650. The number of carbonyl (C=O) groups excluding carboxylic acids is 2. The number of benzene rings is 1. The van der Waals surface area contributed by atoms with Gasteiger partial charge < -0.3 is 11.1 Å². The standard InChI is InChI=1S/C14H17N5O2/c1-2-5-12-17-13(19-18-12)14(21)16-10-7-4-3-6-9(10)8-11(15)20/h3-4,6-7H,2,5,8H2,1H3,(H2,15,20)(H,16,21)(H,17,18,19). The summed E-state index contributed by atoms with van der Waals surface area (Å²) < 4.78 is 0. The third-order valence-corrected chi connectivity index (χ3v) is 2.85. The van der Waals surface area contributed by atoms with Gasteiger partial charge in [0.2, 0.25) is 11.7 Å². The van der Waals surface area contributed by atoms with Crippen molar-refractivity contribution in [3.63, 3.8) is 0 Å². The zero-order valence-corrected chi connectivity index (χ0v) is 11.7. The lowest BCUT2D eigenvalue weighted by Crippen LogP contribution is -2.18. The quantitative estimate of drug-likeness (QED) is 0.736. The van der Waals surface area contributed by atoms with E-state index in [1.54, 1.807) is 24.3 Å². The number of anilines is 1. The molecular formula is C14H17N5O2. The molecule has 21 heavy (non-hydrogen) atoms. The van der Waals surface area contributed by atoms with Gasteiger partial charge in [-0.15, -0.1) is 5.10 Å². The van der Waals surface area contributed by atoms with Gasteiger partial charge in [0.25, 0.3) is 5.91 Å². The maximum absolute atomic E-state index is 12.1. The van der Waals surface area contributed by atoms with Crippen LogP contribution in [0.1, 0.15) is 35.4 Å². The van der Waals surface area contributed by atoms with Crippen LogP contribution in [-0.2, 0) is 17.6 Å². The minimum atomic E-state index is -0.458. The fraction of sp³-hybridized carbons (Fsp3) is 0.286. The van der Waals surface area contributed by atoms with Gasteiger partial charge in [-0.05, 0) is 18.1 Å². The number of primary amides is 1. The lowest BCUT2D eigenvalue weighted by atomic mass is 10.1. The van der Waals surface area contributed by atoms with Gasteiger partial charge in [-0.1, -0.05) is 25.1 Å². The van der Waals surface area contributed by atoms with Gasteiger partial charge in [-0.2, -0.15) is 0 Å². The fourth-order valence-corrected chi connectivity index (χ4v) is 1.91. The van der Waals surface area contributed by atoms with Crippen LogP contribution in [0.15, 0.2) is 24.3 Å². The Labute approximate surface area is 122 Å². The van der Waals surface area contributed by atoms with Crippen LogP contribution < -0.4 is 11.1 Å². The zero-order valence-electron chi connectivity index (χ0n) is 11.7. The molecule has 0 spiro atoms. The zero-order chi connectivity index (χ0) is 15.2. The maximum Gasteiger partial charge on any atom is 0.295 e. The van der Waals surface area contributed by atoms with Gasteiger partial charge in [0.15, 0.2) is 0 Å². The van der Waals surface area contributed by atoms with Gasteiger partial charge in [0, 0.05) is 12.1 Å². The minimum Gasteiger partial charge on any atom is -0.369 e. The predicted octanol–water partition coefficient (Wildman–Crippen LogP) is 1.04. The third kappa shape index (κ3) is 3.88. The molecule has 0 unspecified atom stereocenters. The maximum atomic E-state index is 12.1. The van der Waals surface area contributed by atoms with Crippen molar-refractivity contribution in [3.8, 4) is 0 Å². The molecule has 110 valence electrons. The monoisotopic (exact) mass is 287 g/mol. The second kappa shape index (κ2) is 6.65. The second-order valence-corrected chi connectivity index (χ2v) is 4.61. The highest BCUT2D eigenvalue weighted by Crippen LogP contribution is 2.16. The molecule has 0 aliphatic heterocycles. The van der Waals surface area contributed by atoms with Gasteiger partial charge in [-0.25, -0.2) is 4.98 Å². The van der Waals surface area contributed by atoms with Crippen molar-refractivity contribution >= 4 is 17.5 Å². The fourth-order valence-electron chi connectivity index (χ4n) is 1.91. The summed E-state index contributed by atoms with van der Waals surface area (Å²) in [4.78, 5) is 27.2. The van der Waals surface area contributed by atoms with E-state index in [9.17, 15) is 9.59 Å². The molecule has 2 amide bonds. The van der Waals surface area contributed by atoms with Crippen molar-refractivity contribution < 1.29 is 9.59 Å². The van der Waals surface area contributed by atoms with E-state index in [2.05, 4.69) is 20.5 Å². The highest BCUT2D eigenvalue weighted by molar-refractivity contribution is 6.02. The van der Waals surface area contributed by atoms with Crippen LogP contribution in [0.5, 0.6) is 0 Å². The van der Waals surface area contributed by atoms with Crippen LogP contribution in [0.2, 0.25) is 0 Å². The largest absolute Gasteiger partial charge is 0.369 e. The Kier molecular flexibility index (Phi) is 4.65. The number of H-pyrrole nitrogens is 1. The van der Waals surface area contributed by atoms with Crippen molar-refractivity contribution in [2.45, 2.75) is 26.2 Å². The Hall–Kier alpha value is -2.70. The molecule has 7 heteroatoms. The number of carbonyl (C=O) groups is 2. The molecule has 0 bridgehead atoms. The highest BCUT2D eigenvalue weighted by atomic mass is 16.2. The van der Waals surface area contributed by atoms with Crippen LogP contribution in [0.3, 0.4) is 0 Å². The number of nitrogens with zero attached hydrogens (tertiary/aromatic N) is 2. The Morgan fingerprint density at radius 3 is 2.81 bits per heavy atom. The molecule has 0 aliphatic rings. The predicted molar refractivity (Wildman–Crippen MR) is 77.7 cm³/mol. The van der Waals surface area contributed by atoms with E-state index in [4.69, 9.17) is 5.73 Å². The number of rotatable bonds is 6. The smallest absolute Gasteiger partial charge is 0.295 e. The van der Waals surface area contributed by atoms with E-state index in [1.165, 1.54) is 0 Å². The van der Waals surface area contributed by atoms with Crippen LogP contribution in [-0.4, -0.2) is 27.0 Å². The first kappa shape index (κ1) is 14.7. The molecule has 1 aromatic heterocycles. The Morgan fingerprint density at radius 2 is 2.10 bits per heavy atom. The van der Waals surface area contributed by atoms with Crippen molar-refractivity contribution in [3.05, 3.63) is 41.5 Å². The number of nitrogens with one attached hydrogen (secondary N) is 2. The molecule has 2 rings (SSSR count). The van der Waals surface area contributed by atoms with Crippen molar-refractivity contribution in [2.24, 2.45) is 5.73 Å². The summed E-state index contributed by atoms with van der Waals surface area (Å²) in [5.74, 6) is -0.134. The van der Waals surface area contributed by atoms with Gasteiger partial charge in [0.05, 0.1) is 6.42 Å². The summed E-state index contributed by atoms with van der Waals surface area (Å²) in [7, 11) is 0. The first-order valence-corrected chi connectivity index (χ1v) is 6.69. The first-order valence-electron chi connectivity index (χ1n) is 6.69. The van der Waals surface area contributed by atoms with Gasteiger partial charge in [-0.3, -0.25) is 14.7 Å². The lowest BCUT2D eigenvalue weighted by Gasteiger charge is -2.08. The first-order chi connectivity index (χ1) is 10.1. The summed E-state index contributed by atoms with van der Waals surface area (Å²) in [5, 5.41) is 9.30. The van der Waals surface area contributed by atoms with Gasteiger partial charge in [0.1, 0.15) is 5.82 Å². The molecule has 0 fully saturated rings. The number of nitrogens with two attached hydrogens (primary N) is 1. The van der Waals surface area contributed by atoms with Crippen LogP contribution >= 0.6 is 0 Å². The van der Waals surface area contributed by atoms with E-state index >= 15 is 0 Å². The van der Waals surface area contributed by atoms with E-state index in [0.29, 0.717) is 17.1 Å². The molecule has 0 saturated carbocycles. The molecule has 2 aromatic rings. The van der Waals surface area contributed by atoms with Crippen molar-refractivity contribution in [2.75, 3.05) is 5.32 Å². The van der Waals surface area contributed by atoms with E-state index in [1.807, 2.05) is 6.92 Å². The topological polar surface area (TPSA) is 114 Å². The second-order valence-electron chi connectivity index (χ2n) is 4.61. The van der Waals surface area contributed by atoms with Crippen molar-refractivity contribution in [1.82, 2.24) is 15.2 Å². The summed E-state index contributed by atoms with van der Waals surface area (Å²) in [5.41, 5.74) is 6.38. The minimum absolute atomic E-state index is 0.0610. The van der Waals surface area contributed by atoms with E-state index < -0.39 is 11.8 Å². The van der Waals surface area contributed by atoms with Crippen LogP contribution in [0, 0.1) is 0 Å².